The molecule has 0 bridgehead atoms. The van der Waals surface area contributed by atoms with E-state index in [-0.39, 0.29) is 6.10 Å². The van der Waals surface area contributed by atoms with Gasteiger partial charge in [-0.25, -0.2) is 0 Å². The number of rotatable bonds is 6. The van der Waals surface area contributed by atoms with Gasteiger partial charge in [0.05, 0.1) is 6.61 Å². The lowest BCUT2D eigenvalue weighted by molar-refractivity contribution is -0.0146. The van der Waals surface area contributed by atoms with Crippen LogP contribution in [0.15, 0.2) is 24.3 Å². The van der Waals surface area contributed by atoms with E-state index in [1.54, 1.807) is 0 Å². The number of hydrogen-bond acceptors (Lipinski definition) is 3. The van der Waals surface area contributed by atoms with Crippen LogP contribution in [0.5, 0.6) is 5.75 Å². The number of aryl methyl sites for hydroxylation is 1. The van der Waals surface area contributed by atoms with Crippen molar-refractivity contribution in [2.75, 3.05) is 19.8 Å². The normalized spacial score (nSPS) is 23.3. The highest BCUT2D eigenvalue weighted by molar-refractivity contribution is 5.28. The van der Waals surface area contributed by atoms with Gasteiger partial charge in [0.25, 0.3) is 0 Å². The van der Waals surface area contributed by atoms with Crippen molar-refractivity contribution in [1.82, 2.24) is 5.32 Å². The van der Waals surface area contributed by atoms with Gasteiger partial charge in [-0.1, -0.05) is 26.0 Å². The summed E-state index contributed by atoms with van der Waals surface area (Å²) < 4.78 is 11.7. The molecule has 0 amide bonds. The van der Waals surface area contributed by atoms with E-state index in [1.807, 2.05) is 6.07 Å². The highest BCUT2D eigenvalue weighted by Crippen LogP contribution is 2.19. The van der Waals surface area contributed by atoms with Gasteiger partial charge in [0.2, 0.25) is 0 Å². The minimum Gasteiger partial charge on any atom is -0.486 e. The first-order valence-electron chi connectivity index (χ1n) is 7.40. The summed E-state index contributed by atoms with van der Waals surface area (Å²) in [6.45, 7) is 6.90. The van der Waals surface area contributed by atoms with E-state index < -0.39 is 0 Å². The molecule has 1 heterocycles. The third-order valence-electron chi connectivity index (χ3n) is 3.55. The van der Waals surface area contributed by atoms with Crippen LogP contribution in [0.4, 0.5) is 0 Å². The Bertz CT molecular complexity index is 381. The number of benzene rings is 1. The Morgan fingerprint density at radius 2 is 2.26 bits per heavy atom. The summed E-state index contributed by atoms with van der Waals surface area (Å²) in [7, 11) is 0. The Kier molecular flexibility index (Phi) is 5.67. The van der Waals surface area contributed by atoms with Gasteiger partial charge in [-0.2, -0.15) is 0 Å². The van der Waals surface area contributed by atoms with E-state index >= 15 is 0 Å². The van der Waals surface area contributed by atoms with Crippen molar-refractivity contribution in [3.8, 4) is 5.75 Å². The molecule has 3 heteroatoms. The van der Waals surface area contributed by atoms with Gasteiger partial charge in [-0.15, -0.1) is 0 Å². The SMILES string of the molecule is CCCNC1CCOCC1Oc1cccc(CC)c1. The van der Waals surface area contributed by atoms with Crippen molar-refractivity contribution in [2.45, 2.75) is 45.3 Å². The van der Waals surface area contributed by atoms with Crippen molar-refractivity contribution in [1.29, 1.82) is 0 Å². The fraction of sp³-hybridized carbons (Fsp3) is 0.625. The largest absolute Gasteiger partial charge is 0.486 e. The summed E-state index contributed by atoms with van der Waals surface area (Å²) >= 11 is 0. The number of nitrogens with one attached hydrogen (secondary N) is 1. The van der Waals surface area contributed by atoms with E-state index in [4.69, 9.17) is 9.47 Å². The van der Waals surface area contributed by atoms with Crippen LogP contribution in [0.1, 0.15) is 32.3 Å². The van der Waals surface area contributed by atoms with Gasteiger partial charge < -0.3 is 14.8 Å². The molecule has 1 aromatic carbocycles. The van der Waals surface area contributed by atoms with Crippen LogP contribution in [0.2, 0.25) is 0 Å². The second kappa shape index (κ2) is 7.51. The molecule has 3 nitrogen and oxygen atoms in total. The first kappa shape index (κ1) is 14.4. The standard InChI is InChI=1S/C16H25NO2/c1-3-9-17-15-8-10-18-12-16(15)19-14-7-5-6-13(4-2)11-14/h5-7,11,15-17H,3-4,8-10,12H2,1-2H3. The zero-order chi connectivity index (χ0) is 13.5. The molecular weight excluding hydrogens is 238 g/mol. The molecule has 1 aliphatic rings. The molecule has 1 N–H and O–H groups in total. The predicted molar refractivity (Wildman–Crippen MR) is 77.8 cm³/mol. The first-order valence-corrected chi connectivity index (χ1v) is 7.40. The highest BCUT2D eigenvalue weighted by Gasteiger charge is 2.26. The highest BCUT2D eigenvalue weighted by atomic mass is 16.5. The van der Waals surface area contributed by atoms with Crippen LogP contribution < -0.4 is 10.1 Å². The van der Waals surface area contributed by atoms with E-state index in [0.717, 1.165) is 38.2 Å². The molecule has 1 aromatic rings. The van der Waals surface area contributed by atoms with Crippen molar-refractivity contribution in [3.05, 3.63) is 29.8 Å². The lowest BCUT2D eigenvalue weighted by atomic mass is 10.1. The Morgan fingerprint density at radius 1 is 1.37 bits per heavy atom. The molecule has 0 radical (unpaired) electrons. The average Bonchev–Trinajstić information content (AvgIpc) is 2.46. The summed E-state index contributed by atoms with van der Waals surface area (Å²) in [6.07, 6.45) is 3.33. The van der Waals surface area contributed by atoms with E-state index in [1.165, 1.54) is 5.56 Å². The third-order valence-corrected chi connectivity index (χ3v) is 3.55. The quantitative estimate of drug-likeness (QED) is 0.856. The molecule has 1 aliphatic heterocycles. The molecule has 2 atom stereocenters. The maximum absolute atomic E-state index is 6.12. The van der Waals surface area contributed by atoms with Crippen LogP contribution in [0.25, 0.3) is 0 Å². The minimum absolute atomic E-state index is 0.118. The van der Waals surface area contributed by atoms with Crippen molar-refractivity contribution < 1.29 is 9.47 Å². The fourth-order valence-electron chi connectivity index (χ4n) is 2.40. The average molecular weight is 263 g/mol. The van der Waals surface area contributed by atoms with Gasteiger partial charge in [-0.3, -0.25) is 0 Å². The maximum atomic E-state index is 6.12. The molecule has 1 saturated heterocycles. The lowest BCUT2D eigenvalue weighted by Gasteiger charge is -2.32. The van der Waals surface area contributed by atoms with Crippen LogP contribution in [-0.4, -0.2) is 31.9 Å². The Morgan fingerprint density at radius 3 is 3.05 bits per heavy atom. The molecule has 19 heavy (non-hydrogen) atoms. The minimum atomic E-state index is 0.118. The summed E-state index contributed by atoms with van der Waals surface area (Å²) in [5, 5.41) is 3.57. The van der Waals surface area contributed by atoms with Crippen molar-refractivity contribution in [3.63, 3.8) is 0 Å². The van der Waals surface area contributed by atoms with Crippen LogP contribution in [0.3, 0.4) is 0 Å². The van der Waals surface area contributed by atoms with Gasteiger partial charge in [0.1, 0.15) is 11.9 Å². The molecule has 0 aromatic heterocycles. The van der Waals surface area contributed by atoms with Crippen LogP contribution >= 0.6 is 0 Å². The molecule has 1 fully saturated rings. The van der Waals surface area contributed by atoms with Crippen molar-refractivity contribution >= 4 is 0 Å². The zero-order valence-electron chi connectivity index (χ0n) is 12.0. The maximum Gasteiger partial charge on any atom is 0.137 e. The van der Waals surface area contributed by atoms with Gasteiger partial charge in [-0.05, 0) is 43.5 Å². The summed E-state index contributed by atoms with van der Waals surface area (Å²) in [5.74, 6) is 0.957. The number of ether oxygens (including phenoxy) is 2. The van der Waals surface area contributed by atoms with Crippen LogP contribution in [0, 0.1) is 0 Å². The predicted octanol–water partition coefficient (Wildman–Crippen LogP) is 2.78. The molecule has 106 valence electrons. The number of hydrogen-bond donors (Lipinski definition) is 1. The molecular formula is C16H25NO2. The summed E-state index contributed by atoms with van der Waals surface area (Å²) in [4.78, 5) is 0. The third kappa shape index (κ3) is 4.22. The molecule has 0 saturated carbocycles. The Balaban J connectivity index is 1.97. The summed E-state index contributed by atoms with van der Waals surface area (Å²) in [5.41, 5.74) is 1.31. The Labute approximate surface area is 116 Å². The van der Waals surface area contributed by atoms with E-state index in [0.29, 0.717) is 12.6 Å². The second-order valence-corrected chi connectivity index (χ2v) is 5.08. The lowest BCUT2D eigenvalue weighted by Crippen LogP contribution is -2.49. The molecule has 0 spiro atoms. The zero-order valence-corrected chi connectivity index (χ0v) is 12.0. The topological polar surface area (TPSA) is 30.5 Å². The molecule has 2 unspecified atom stereocenters. The second-order valence-electron chi connectivity index (χ2n) is 5.08. The fourth-order valence-corrected chi connectivity index (χ4v) is 2.40. The first-order chi connectivity index (χ1) is 9.33. The van der Waals surface area contributed by atoms with Gasteiger partial charge in [0, 0.05) is 12.6 Å². The molecule has 0 aliphatic carbocycles. The Hall–Kier alpha value is -1.06. The monoisotopic (exact) mass is 263 g/mol. The van der Waals surface area contributed by atoms with E-state index in [9.17, 15) is 0 Å². The molecule has 2 rings (SSSR count). The smallest absolute Gasteiger partial charge is 0.137 e. The van der Waals surface area contributed by atoms with E-state index in [2.05, 4.69) is 37.4 Å². The van der Waals surface area contributed by atoms with Gasteiger partial charge >= 0.3 is 0 Å². The van der Waals surface area contributed by atoms with Gasteiger partial charge in [0.15, 0.2) is 0 Å². The van der Waals surface area contributed by atoms with Crippen molar-refractivity contribution in [2.24, 2.45) is 0 Å². The van der Waals surface area contributed by atoms with Crippen LogP contribution in [-0.2, 0) is 11.2 Å². The summed E-state index contributed by atoms with van der Waals surface area (Å²) in [6, 6.07) is 8.76.